The molecule has 0 unspecified atom stereocenters. The van der Waals surface area contributed by atoms with Crippen LogP contribution in [0.2, 0.25) is 0 Å². The molecule has 0 aliphatic heterocycles. The Labute approximate surface area is 82.3 Å². The van der Waals surface area contributed by atoms with Gasteiger partial charge in [-0.2, -0.15) is 0 Å². The minimum Gasteiger partial charge on any atom is -0.259 e. The van der Waals surface area contributed by atoms with Gasteiger partial charge in [0, 0.05) is 11.4 Å². The lowest BCUT2D eigenvalue weighted by molar-refractivity contribution is 0.832. The Morgan fingerprint density at radius 2 is 2.08 bits per heavy atom. The average molecular weight is 179 g/mol. The zero-order valence-corrected chi connectivity index (χ0v) is 9.30. The van der Waals surface area contributed by atoms with Gasteiger partial charge in [-0.15, -0.1) is 0 Å². The molecule has 0 amide bonds. The van der Waals surface area contributed by atoms with E-state index < -0.39 is 0 Å². The monoisotopic (exact) mass is 179 g/mol. The maximum atomic E-state index is 4.37. The number of allylic oxidation sites excluding steroid dienone is 3. The van der Waals surface area contributed by atoms with E-state index in [0.29, 0.717) is 5.92 Å². The van der Waals surface area contributed by atoms with E-state index in [1.165, 1.54) is 0 Å². The largest absolute Gasteiger partial charge is 0.259 e. The molecule has 0 rings (SSSR count). The van der Waals surface area contributed by atoms with Crippen LogP contribution in [-0.4, -0.2) is 5.71 Å². The van der Waals surface area contributed by atoms with Crippen LogP contribution in [0, 0.1) is 5.92 Å². The van der Waals surface area contributed by atoms with E-state index in [-0.39, 0.29) is 0 Å². The lowest BCUT2D eigenvalue weighted by atomic mass is 10.2. The third-order valence-electron chi connectivity index (χ3n) is 1.60. The number of hydrogen-bond acceptors (Lipinski definition) is 1. The first-order valence-corrected chi connectivity index (χ1v) is 4.97. The van der Waals surface area contributed by atoms with Gasteiger partial charge in [-0.3, -0.25) is 4.99 Å². The van der Waals surface area contributed by atoms with Gasteiger partial charge in [-0.1, -0.05) is 39.8 Å². The van der Waals surface area contributed by atoms with Crippen molar-refractivity contribution in [1.29, 1.82) is 0 Å². The number of hydrogen-bond donors (Lipinski definition) is 0. The molecular weight excluding hydrogens is 158 g/mol. The Morgan fingerprint density at radius 1 is 1.46 bits per heavy atom. The van der Waals surface area contributed by atoms with Crippen molar-refractivity contribution in [3.63, 3.8) is 0 Å². The molecule has 0 saturated carbocycles. The molecule has 0 aliphatic carbocycles. The highest BCUT2D eigenvalue weighted by Gasteiger charge is 1.90. The molecule has 0 N–H and O–H groups in total. The minimum absolute atomic E-state index is 0.588. The molecule has 0 aliphatic rings. The average Bonchev–Trinajstić information content (AvgIpc) is 2.01. The fourth-order valence-electron chi connectivity index (χ4n) is 0.963. The molecule has 0 saturated heterocycles. The molecule has 0 aromatic carbocycles. The second-order valence-corrected chi connectivity index (χ2v) is 3.67. The minimum atomic E-state index is 0.588. The normalized spacial score (nSPS) is 12.8. The summed E-state index contributed by atoms with van der Waals surface area (Å²) in [5.74, 6) is 0.588. The van der Waals surface area contributed by atoms with Gasteiger partial charge in [0.2, 0.25) is 0 Å². The molecule has 0 aromatic rings. The van der Waals surface area contributed by atoms with Crippen molar-refractivity contribution in [3.05, 3.63) is 24.4 Å². The molecule has 0 fully saturated rings. The smallest absolute Gasteiger partial charge is 0.0372 e. The van der Waals surface area contributed by atoms with Crippen molar-refractivity contribution < 1.29 is 0 Å². The summed E-state index contributed by atoms with van der Waals surface area (Å²) < 4.78 is 0. The number of nitrogens with zero attached hydrogens (tertiary/aromatic N) is 1. The lowest BCUT2D eigenvalue weighted by Gasteiger charge is -1.98. The van der Waals surface area contributed by atoms with Crippen molar-refractivity contribution in [3.8, 4) is 0 Å². The quantitative estimate of drug-likeness (QED) is 0.566. The number of aliphatic imine (C=N–C) groups is 1. The van der Waals surface area contributed by atoms with Gasteiger partial charge in [0.25, 0.3) is 0 Å². The molecule has 0 heterocycles. The van der Waals surface area contributed by atoms with E-state index in [1.807, 2.05) is 6.92 Å². The Bertz CT molecular complexity index is 209. The van der Waals surface area contributed by atoms with Crippen LogP contribution in [0.25, 0.3) is 0 Å². The van der Waals surface area contributed by atoms with Crippen LogP contribution in [0.1, 0.15) is 40.5 Å². The second kappa shape index (κ2) is 6.64. The van der Waals surface area contributed by atoms with E-state index in [9.17, 15) is 0 Å². The van der Waals surface area contributed by atoms with Crippen molar-refractivity contribution in [2.75, 3.05) is 0 Å². The zero-order chi connectivity index (χ0) is 10.3. The molecule has 13 heavy (non-hydrogen) atoms. The van der Waals surface area contributed by atoms with Crippen molar-refractivity contribution in [1.82, 2.24) is 0 Å². The summed E-state index contributed by atoms with van der Waals surface area (Å²) in [5, 5.41) is 0. The van der Waals surface area contributed by atoms with Crippen LogP contribution in [0.15, 0.2) is 29.4 Å². The van der Waals surface area contributed by atoms with Gasteiger partial charge in [0.15, 0.2) is 0 Å². The Morgan fingerprint density at radius 3 is 2.54 bits per heavy atom. The molecule has 0 atom stereocenters. The third-order valence-corrected chi connectivity index (χ3v) is 1.60. The van der Waals surface area contributed by atoms with E-state index in [0.717, 1.165) is 24.3 Å². The van der Waals surface area contributed by atoms with E-state index >= 15 is 0 Å². The van der Waals surface area contributed by atoms with Crippen LogP contribution in [0.4, 0.5) is 0 Å². The molecule has 0 aromatic heterocycles. The molecule has 1 heteroatoms. The first-order valence-electron chi connectivity index (χ1n) is 4.97. The van der Waals surface area contributed by atoms with Gasteiger partial charge in [-0.05, 0) is 25.3 Å². The fourth-order valence-corrected chi connectivity index (χ4v) is 0.963. The highest BCUT2D eigenvalue weighted by Crippen LogP contribution is 2.04. The van der Waals surface area contributed by atoms with Gasteiger partial charge in [0.1, 0.15) is 0 Å². The third kappa shape index (κ3) is 7.51. The predicted octanol–water partition coefficient (Wildman–Crippen LogP) is 3.97. The Hall–Kier alpha value is -0.850. The number of rotatable bonds is 5. The topological polar surface area (TPSA) is 12.4 Å². The van der Waals surface area contributed by atoms with E-state index in [1.54, 1.807) is 0 Å². The van der Waals surface area contributed by atoms with Crippen LogP contribution < -0.4 is 0 Å². The summed E-state index contributed by atoms with van der Waals surface area (Å²) in [6, 6.07) is 0. The van der Waals surface area contributed by atoms with Crippen LogP contribution in [0.5, 0.6) is 0 Å². The summed E-state index contributed by atoms with van der Waals surface area (Å²) in [4.78, 5) is 4.37. The summed E-state index contributed by atoms with van der Waals surface area (Å²) in [6.45, 7) is 12.4. The van der Waals surface area contributed by atoms with Gasteiger partial charge in [0.05, 0.1) is 0 Å². The SMILES string of the molecule is C=C(CCC)N=C(C)/C=C\C(C)C. The lowest BCUT2D eigenvalue weighted by Crippen LogP contribution is -1.88. The molecule has 0 radical (unpaired) electrons. The van der Waals surface area contributed by atoms with Crippen molar-refractivity contribution in [2.45, 2.75) is 40.5 Å². The second-order valence-electron chi connectivity index (χ2n) is 3.67. The summed E-state index contributed by atoms with van der Waals surface area (Å²) in [6.07, 6.45) is 6.32. The van der Waals surface area contributed by atoms with Crippen LogP contribution in [0.3, 0.4) is 0 Å². The molecule has 0 bridgehead atoms. The summed E-state index contributed by atoms with van der Waals surface area (Å²) >= 11 is 0. The maximum Gasteiger partial charge on any atom is 0.0372 e. The predicted molar refractivity (Wildman–Crippen MR) is 61.1 cm³/mol. The summed E-state index contributed by atoms with van der Waals surface area (Å²) in [5.41, 5.74) is 2.03. The van der Waals surface area contributed by atoms with Crippen LogP contribution in [-0.2, 0) is 0 Å². The van der Waals surface area contributed by atoms with Gasteiger partial charge in [-0.25, -0.2) is 0 Å². The van der Waals surface area contributed by atoms with E-state index in [4.69, 9.17) is 0 Å². The van der Waals surface area contributed by atoms with Crippen molar-refractivity contribution in [2.24, 2.45) is 10.9 Å². The van der Waals surface area contributed by atoms with Gasteiger partial charge < -0.3 is 0 Å². The van der Waals surface area contributed by atoms with E-state index in [2.05, 4.69) is 44.5 Å². The van der Waals surface area contributed by atoms with Crippen LogP contribution >= 0.6 is 0 Å². The zero-order valence-electron chi connectivity index (χ0n) is 9.30. The Kier molecular flexibility index (Phi) is 6.21. The Balaban J connectivity index is 4.08. The molecule has 1 nitrogen and oxygen atoms in total. The van der Waals surface area contributed by atoms with Crippen molar-refractivity contribution >= 4 is 5.71 Å². The molecule has 0 spiro atoms. The molecular formula is C12H21N. The molecule has 74 valence electrons. The first kappa shape index (κ1) is 12.2. The fraction of sp³-hybridized carbons (Fsp3) is 0.583. The maximum absolute atomic E-state index is 4.37. The first-order chi connectivity index (χ1) is 6.06. The highest BCUT2D eigenvalue weighted by atomic mass is 14.7. The highest BCUT2D eigenvalue weighted by molar-refractivity contribution is 5.93. The van der Waals surface area contributed by atoms with Gasteiger partial charge >= 0.3 is 0 Å². The standard InChI is InChI=1S/C12H21N/c1-6-7-11(4)13-12(5)9-8-10(2)3/h8-10H,4,6-7H2,1-3,5H3/b9-8-,13-12?. The summed E-state index contributed by atoms with van der Waals surface area (Å²) in [7, 11) is 0.